The van der Waals surface area contributed by atoms with Crippen LogP contribution >= 0.6 is 0 Å². The standard InChI is InChI=1S/C39H66N2O24/c1-17-25(47)30(52)26(48)18(60-17)6-5-11-40(10-4-2-3-7-24(46)65-41-22(44)8-9-23(41)45)12-13-58-38-35(57)36(64-39-34(56)32(54)28(50)20(15-43)62-39)29(51)21(63-38)16-59-37-33(55)31(53)27(49)19(14-42)61-37/h17-21,25-39,42-43,47-57H,2-16H2,1H3/t17-,18-,19+,20+,21+,25+,26+,27+,28+,29+,30+,31-,32-,33-,34-,35-,36-,37-,38-,39?/m0/s1. The number of hydroxylamine groups is 2. The van der Waals surface area contributed by atoms with Crippen LogP contribution in [0.25, 0.3) is 0 Å². The Kier molecular flexibility index (Phi) is 20.6. The van der Waals surface area contributed by atoms with E-state index >= 15 is 0 Å². The Balaban J connectivity index is 1.23. The summed E-state index contributed by atoms with van der Waals surface area (Å²) in [5.74, 6) is -1.93. The van der Waals surface area contributed by atoms with Gasteiger partial charge in [0.25, 0.3) is 11.8 Å². The van der Waals surface area contributed by atoms with Gasteiger partial charge in [0.05, 0.1) is 38.6 Å². The summed E-state index contributed by atoms with van der Waals surface area (Å²) >= 11 is 0. The van der Waals surface area contributed by atoms with Gasteiger partial charge in [0, 0.05) is 25.8 Å². The maximum absolute atomic E-state index is 12.3. The number of rotatable bonds is 22. The van der Waals surface area contributed by atoms with E-state index < -0.39 is 160 Å². The van der Waals surface area contributed by atoms with Gasteiger partial charge >= 0.3 is 5.97 Å². The van der Waals surface area contributed by atoms with Crippen LogP contribution in [0.1, 0.15) is 58.3 Å². The van der Waals surface area contributed by atoms with Crippen molar-refractivity contribution in [2.45, 2.75) is 181 Å². The van der Waals surface area contributed by atoms with Crippen LogP contribution in [-0.4, -0.2) is 263 Å². The SMILES string of the molecule is C[C@@H]1O[C@@H](CCCN(CCCCCC(=O)ON2C(=O)CCC2=O)CCO[C@H]2O[C@H](CO[C@H]3O[C@H](CO)[C@@H](O)[C@H](O)[C@@H]3O)[C@@H](O)[C@H](OC3O[C@H](CO)[C@@H](O)[C@H](O)[C@@H]3O)[C@@H]2O)[C@@H](O)[C@H](O)[C@@H]1O. The average molecular weight is 947 g/mol. The van der Waals surface area contributed by atoms with E-state index in [4.69, 9.17) is 38.0 Å². The first-order valence-electron chi connectivity index (χ1n) is 21.9. The zero-order valence-electron chi connectivity index (χ0n) is 35.9. The van der Waals surface area contributed by atoms with Gasteiger partial charge in [-0.2, -0.15) is 0 Å². The Bertz CT molecular complexity index is 1480. The molecule has 0 radical (unpaired) electrons. The van der Waals surface area contributed by atoms with E-state index in [9.17, 15) is 80.8 Å². The van der Waals surface area contributed by atoms with Crippen LogP contribution in [0.4, 0.5) is 0 Å². The van der Waals surface area contributed by atoms with Gasteiger partial charge < -0.3 is 109 Å². The van der Waals surface area contributed by atoms with Gasteiger partial charge in [0.15, 0.2) is 18.9 Å². The fourth-order valence-corrected chi connectivity index (χ4v) is 8.18. The molecule has 376 valence electrons. The molecule has 0 saturated carbocycles. The molecule has 0 aromatic rings. The van der Waals surface area contributed by atoms with Crippen LogP contribution in [0.3, 0.4) is 0 Å². The Morgan fingerprint density at radius 3 is 1.75 bits per heavy atom. The summed E-state index contributed by atoms with van der Waals surface area (Å²) in [5.41, 5.74) is 0. The van der Waals surface area contributed by atoms with Gasteiger partial charge in [-0.15, -0.1) is 5.06 Å². The molecule has 20 atom stereocenters. The number of aliphatic hydroxyl groups excluding tert-OH is 13. The number of aliphatic hydroxyl groups is 13. The van der Waals surface area contributed by atoms with Crippen molar-refractivity contribution >= 4 is 17.8 Å². The molecule has 5 heterocycles. The molecule has 5 aliphatic rings. The molecule has 26 nitrogen and oxygen atoms in total. The topological polar surface area (TPSA) is 395 Å². The smallest absolute Gasteiger partial charge is 0.333 e. The van der Waals surface area contributed by atoms with Crippen molar-refractivity contribution in [3.63, 3.8) is 0 Å². The van der Waals surface area contributed by atoms with Crippen molar-refractivity contribution in [3.8, 4) is 0 Å². The molecular weight excluding hydrogens is 880 g/mol. The number of carbonyl (C=O) groups is 3. The summed E-state index contributed by atoms with van der Waals surface area (Å²) in [5, 5.41) is 136. The summed E-state index contributed by atoms with van der Waals surface area (Å²) < 4.78 is 39.8. The lowest BCUT2D eigenvalue weighted by Crippen LogP contribution is -2.65. The normalized spacial score (nSPS) is 41.6. The fourth-order valence-electron chi connectivity index (χ4n) is 8.18. The predicted molar refractivity (Wildman–Crippen MR) is 209 cm³/mol. The number of nitrogens with zero attached hydrogens (tertiary/aromatic N) is 2. The zero-order chi connectivity index (χ0) is 47.7. The number of amides is 2. The maximum atomic E-state index is 12.3. The molecule has 2 amide bonds. The van der Waals surface area contributed by atoms with E-state index in [1.54, 1.807) is 6.92 Å². The van der Waals surface area contributed by atoms with E-state index in [1.165, 1.54) is 0 Å². The third kappa shape index (κ3) is 13.5. The van der Waals surface area contributed by atoms with Crippen molar-refractivity contribution in [2.75, 3.05) is 46.1 Å². The first kappa shape index (κ1) is 53.7. The Labute approximate surface area is 373 Å². The minimum Gasteiger partial charge on any atom is -0.394 e. The molecule has 1 unspecified atom stereocenters. The maximum Gasteiger partial charge on any atom is 0.333 e. The van der Waals surface area contributed by atoms with E-state index in [0.29, 0.717) is 43.8 Å². The van der Waals surface area contributed by atoms with Gasteiger partial charge in [-0.3, -0.25) is 9.59 Å². The molecule has 13 N–H and O–H groups in total. The van der Waals surface area contributed by atoms with Crippen molar-refractivity contribution in [1.82, 2.24) is 9.96 Å². The van der Waals surface area contributed by atoms with E-state index in [1.807, 2.05) is 4.90 Å². The highest BCUT2D eigenvalue weighted by Crippen LogP contribution is 2.31. The molecule has 5 rings (SSSR count). The lowest BCUT2D eigenvalue weighted by molar-refractivity contribution is -0.366. The number of carbonyl (C=O) groups excluding carboxylic acids is 3. The fraction of sp³-hybridized carbons (Fsp3) is 0.923. The highest BCUT2D eigenvalue weighted by Gasteiger charge is 2.52. The summed E-state index contributed by atoms with van der Waals surface area (Å²) in [7, 11) is 0. The summed E-state index contributed by atoms with van der Waals surface area (Å²) in [4.78, 5) is 42.8. The number of hydrogen-bond acceptors (Lipinski definition) is 25. The van der Waals surface area contributed by atoms with Crippen molar-refractivity contribution in [2.24, 2.45) is 0 Å². The summed E-state index contributed by atoms with van der Waals surface area (Å²) in [6, 6.07) is 0. The van der Waals surface area contributed by atoms with Gasteiger partial charge in [-0.05, 0) is 45.7 Å². The molecular formula is C39H66N2O24. The molecule has 5 aliphatic heterocycles. The number of ether oxygens (including phenoxy) is 7. The van der Waals surface area contributed by atoms with Crippen LogP contribution in [-0.2, 0) is 52.4 Å². The van der Waals surface area contributed by atoms with Crippen LogP contribution in [0.5, 0.6) is 0 Å². The van der Waals surface area contributed by atoms with Crippen LogP contribution < -0.4 is 0 Å². The molecule has 5 fully saturated rings. The van der Waals surface area contributed by atoms with E-state index in [0.717, 1.165) is 0 Å². The highest BCUT2D eigenvalue weighted by molar-refractivity contribution is 6.01. The van der Waals surface area contributed by atoms with Crippen molar-refractivity contribution in [3.05, 3.63) is 0 Å². The second-order valence-corrected chi connectivity index (χ2v) is 16.9. The second-order valence-electron chi connectivity index (χ2n) is 16.9. The predicted octanol–water partition coefficient (Wildman–Crippen LogP) is -7.43. The third-order valence-corrected chi connectivity index (χ3v) is 12.2. The molecule has 0 aromatic heterocycles. The minimum atomic E-state index is -1.94. The Morgan fingerprint density at radius 1 is 0.585 bits per heavy atom. The molecule has 26 heteroatoms. The first-order chi connectivity index (χ1) is 30.9. The Morgan fingerprint density at radius 2 is 1.12 bits per heavy atom. The quantitative estimate of drug-likeness (QED) is 0.0354. The number of imide groups is 1. The third-order valence-electron chi connectivity index (χ3n) is 12.2. The Hall–Kier alpha value is -2.23. The van der Waals surface area contributed by atoms with Crippen LogP contribution in [0, 0.1) is 0 Å². The van der Waals surface area contributed by atoms with E-state index in [-0.39, 0.29) is 38.8 Å². The molecule has 0 spiro atoms. The van der Waals surface area contributed by atoms with Gasteiger partial charge in [-0.25, -0.2) is 4.79 Å². The van der Waals surface area contributed by atoms with Crippen molar-refractivity contribution in [1.29, 1.82) is 0 Å². The van der Waals surface area contributed by atoms with Crippen LogP contribution in [0.2, 0.25) is 0 Å². The number of unbranched alkanes of at least 4 members (excludes halogenated alkanes) is 2. The molecule has 0 aliphatic carbocycles. The van der Waals surface area contributed by atoms with Crippen LogP contribution in [0.15, 0.2) is 0 Å². The lowest BCUT2D eigenvalue weighted by Gasteiger charge is -2.46. The highest BCUT2D eigenvalue weighted by atomic mass is 16.8. The minimum absolute atomic E-state index is 0.0378. The largest absolute Gasteiger partial charge is 0.394 e. The molecule has 5 saturated heterocycles. The molecule has 65 heavy (non-hydrogen) atoms. The monoisotopic (exact) mass is 946 g/mol. The molecule has 0 bridgehead atoms. The summed E-state index contributed by atoms with van der Waals surface area (Å²) in [6.07, 6.45) is -29.3. The number of hydrogen-bond donors (Lipinski definition) is 13. The molecule has 0 aromatic carbocycles. The average Bonchev–Trinajstić information content (AvgIpc) is 3.60. The first-order valence-corrected chi connectivity index (χ1v) is 21.9. The van der Waals surface area contributed by atoms with Gasteiger partial charge in [0.2, 0.25) is 0 Å². The summed E-state index contributed by atoms with van der Waals surface area (Å²) in [6.45, 7) is 0.119. The van der Waals surface area contributed by atoms with Crippen molar-refractivity contribution < 1.29 is 119 Å². The van der Waals surface area contributed by atoms with Gasteiger partial charge in [-0.1, -0.05) is 6.42 Å². The lowest BCUT2D eigenvalue weighted by atomic mass is 9.93. The second kappa shape index (κ2) is 24.9. The van der Waals surface area contributed by atoms with E-state index in [2.05, 4.69) is 0 Å². The zero-order valence-corrected chi connectivity index (χ0v) is 35.9. The van der Waals surface area contributed by atoms with Gasteiger partial charge in [0.1, 0.15) is 91.6 Å².